The molecule has 8 heteroatoms. The van der Waals surface area contributed by atoms with Crippen molar-refractivity contribution in [1.82, 2.24) is 14.5 Å². The number of carbonyl (C=O) groups excluding carboxylic acids is 3. The summed E-state index contributed by atoms with van der Waals surface area (Å²) in [5, 5.41) is 0. The van der Waals surface area contributed by atoms with Crippen molar-refractivity contribution in [2.45, 2.75) is 12.8 Å². The predicted molar refractivity (Wildman–Crippen MR) is 110 cm³/mol. The molecule has 30 heavy (non-hydrogen) atoms. The van der Waals surface area contributed by atoms with Crippen LogP contribution in [0.1, 0.15) is 12.2 Å². The molecule has 1 heterocycles. The van der Waals surface area contributed by atoms with Crippen molar-refractivity contribution in [1.29, 1.82) is 0 Å². The number of para-hydroxylation sites is 3. The molecular formula is C22H23N3O5. The number of hydrogen-bond donors (Lipinski definition) is 0. The molecule has 0 atom stereocenters. The molecule has 0 N–H and O–H groups in total. The van der Waals surface area contributed by atoms with Crippen molar-refractivity contribution in [2.75, 3.05) is 27.3 Å². The van der Waals surface area contributed by atoms with Gasteiger partial charge in [0, 0.05) is 18.5 Å². The molecule has 0 saturated carbocycles. The van der Waals surface area contributed by atoms with E-state index in [1.165, 1.54) is 14.2 Å². The predicted octanol–water partition coefficient (Wildman–Crippen LogP) is 2.13. The minimum absolute atomic E-state index is 0.0736. The molecule has 0 spiro atoms. The Kier molecular flexibility index (Phi) is 6.79. The van der Waals surface area contributed by atoms with Crippen LogP contribution in [-0.2, 0) is 30.3 Å². The van der Waals surface area contributed by atoms with Crippen LogP contribution in [0.2, 0.25) is 0 Å². The Hall–Kier alpha value is -3.68. The number of ether oxygens (including phenoxy) is 2. The van der Waals surface area contributed by atoms with E-state index in [1.54, 1.807) is 0 Å². The number of hydrogen-bond acceptors (Lipinski definition) is 6. The molecule has 3 rings (SSSR count). The summed E-state index contributed by atoms with van der Waals surface area (Å²) in [7, 11) is 2.46. The number of esters is 2. The van der Waals surface area contributed by atoms with Crippen molar-refractivity contribution < 1.29 is 23.9 Å². The van der Waals surface area contributed by atoms with E-state index in [1.807, 2.05) is 59.2 Å². The lowest BCUT2D eigenvalue weighted by atomic mass is 10.2. The molecule has 0 saturated heterocycles. The van der Waals surface area contributed by atoms with Gasteiger partial charge in [0.15, 0.2) is 0 Å². The van der Waals surface area contributed by atoms with Crippen LogP contribution in [0.3, 0.4) is 0 Å². The van der Waals surface area contributed by atoms with Crippen LogP contribution in [0, 0.1) is 0 Å². The second-order valence-corrected chi connectivity index (χ2v) is 6.59. The fourth-order valence-corrected chi connectivity index (χ4v) is 3.16. The summed E-state index contributed by atoms with van der Waals surface area (Å²) >= 11 is 0. The van der Waals surface area contributed by atoms with E-state index in [2.05, 4.69) is 14.5 Å². The number of nitrogens with zero attached hydrogens (tertiary/aromatic N) is 3. The number of imidazole rings is 1. The molecule has 1 amide bonds. The molecule has 0 aliphatic heterocycles. The van der Waals surface area contributed by atoms with Crippen LogP contribution in [0.15, 0.2) is 54.6 Å². The lowest BCUT2D eigenvalue weighted by Crippen LogP contribution is -2.40. The number of aryl methyl sites for hydroxylation is 1. The number of amides is 1. The second kappa shape index (κ2) is 9.69. The molecule has 1 aromatic heterocycles. The van der Waals surface area contributed by atoms with Crippen molar-refractivity contribution >= 4 is 28.9 Å². The monoisotopic (exact) mass is 409 g/mol. The van der Waals surface area contributed by atoms with Crippen LogP contribution in [0.25, 0.3) is 16.7 Å². The van der Waals surface area contributed by atoms with Gasteiger partial charge in [-0.3, -0.25) is 19.0 Å². The summed E-state index contributed by atoms with van der Waals surface area (Å²) in [6.07, 6.45) is 0.408. The molecular weight excluding hydrogens is 386 g/mol. The molecule has 0 aliphatic carbocycles. The van der Waals surface area contributed by atoms with Gasteiger partial charge in [0.2, 0.25) is 5.91 Å². The molecule has 0 fully saturated rings. The number of rotatable bonds is 8. The van der Waals surface area contributed by atoms with Gasteiger partial charge in [-0.25, -0.2) is 4.98 Å². The van der Waals surface area contributed by atoms with E-state index >= 15 is 0 Å². The van der Waals surface area contributed by atoms with Gasteiger partial charge in [-0.2, -0.15) is 0 Å². The molecule has 0 bridgehead atoms. The maximum atomic E-state index is 12.8. The standard InChI is InChI=1S/C22H23N3O5/c1-29-21(27)14-24(15-22(28)30-2)20(26)13-12-19-23-17-10-6-7-11-18(17)25(19)16-8-4-3-5-9-16/h3-11H,12-15H2,1-2H3. The Labute approximate surface area is 174 Å². The first-order valence-electron chi connectivity index (χ1n) is 9.46. The molecule has 8 nitrogen and oxygen atoms in total. The molecule has 0 aliphatic rings. The Bertz CT molecular complexity index is 1030. The normalized spacial score (nSPS) is 10.6. The van der Waals surface area contributed by atoms with Crippen molar-refractivity contribution in [3.8, 4) is 5.69 Å². The van der Waals surface area contributed by atoms with E-state index in [-0.39, 0.29) is 25.4 Å². The van der Waals surface area contributed by atoms with Gasteiger partial charge in [-0.1, -0.05) is 30.3 Å². The summed E-state index contributed by atoms with van der Waals surface area (Å²) in [6.45, 7) is -0.640. The zero-order valence-corrected chi connectivity index (χ0v) is 16.9. The number of benzene rings is 2. The van der Waals surface area contributed by atoms with Crippen LogP contribution in [0.5, 0.6) is 0 Å². The lowest BCUT2D eigenvalue weighted by molar-refractivity contribution is -0.152. The molecule has 0 unspecified atom stereocenters. The minimum atomic E-state index is -0.608. The number of methoxy groups -OCH3 is 2. The van der Waals surface area contributed by atoms with Crippen LogP contribution in [0.4, 0.5) is 0 Å². The quantitative estimate of drug-likeness (QED) is 0.530. The minimum Gasteiger partial charge on any atom is -0.468 e. The van der Waals surface area contributed by atoms with Gasteiger partial charge in [-0.15, -0.1) is 0 Å². The fraction of sp³-hybridized carbons (Fsp3) is 0.273. The number of carbonyl (C=O) groups is 3. The average Bonchev–Trinajstić information content (AvgIpc) is 3.15. The summed E-state index contributed by atoms with van der Waals surface area (Å²) in [5.41, 5.74) is 2.70. The van der Waals surface area contributed by atoms with E-state index in [9.17, 15) is 14.4 Å². The van der Waals surface area contributed by atoms with Gasteiger partial charge >= 0.3 is 11.9 Å². The smallest absolute Gasteiger partial charge is 0.325 e. The number of aromatic nitrogens is 2. The fourth-order valence-electron chi connectivity index (χ4n) is 3.16. The summed E-state index contributed by atoms with van der Waals surface area (Å²) in [4.78, 5) is 41.9. The van der Waals surface area contributed by atoms with E-state index in [4.69, 9.17) is 0 Å². The third-order valence-electron chi connectivity index (χ3n) is 4.66. The zero-order valence-electron chi connectivity index (χ0n) is 16.9. The Morgan fingerprint density at radius 1 is 0.900 bits per heavy atom. The molecule has 2 aromatic carbocycles. The van der Waals surface area contributed by atoms with Crippen LogP contribution in [-0.4, -0.2) is 59.6 Å². The van der Waals surface area contributed by atoms with Crippen molar-refractivity contribution in [3.05, 3.63) is 60.4 Å². The number of fused-ring (bicyclic) bond motifs is 1. The largest absolute Gasteiger partial charge is 0.468 e. The van der Waals surface area contributed by atoms with Crippen molar-refractivity contribution in [2.24, 2.45) is 0 Å². The maximum Gasteiger partial charge on any atom is 0.325 e. The van der Waals surface area contributed by atoms with Gasteiger partial charge in [0.05, 0.1) is 25.3 Å². The highest BCUT2D eigenvalue weighted by atomic mass is 16.5. The Morgan fingerprint density at radius 3 is 2.13 bits per heavy atom. The molecule has 3 aromatic rings. The first-order chi connectivity index (χ1) is 14.5. The Balaban J connectivity index is 1.84. The van der Waals surface area contributed by atoms with Gasteiger partial charge in [0.1, 0.15) is 18.9 Å². The highest BCUT2D eigenvalue weighted by Gasteiger charge is 2.22. The summed E-state index contributed by atoms with van der Waals surface area (Å²) < 4.78 is 11.3. The first kappa shape index (κ1) is 21.0. The summed E-state index contributed by atoms with van der Waals surface area (Å²) in [5.74, 6) is -0.864. The topological polar surface area (TPSA) is 90.7 Å². The van der Waals surface area contributed by atoms with Crippen LogP contribution < -0.4 is 0 Å². The average molecular weight is 409 g/mol. The maximum absolute atomic E-state index is 12.8. The third kappa shape index (κ3) is 4.83. The van der Waals surface area contributed by atoms with Crippen LogP contribution >= 0.6 is 0 Å². The van der Waals surface area contributed by atoms with Gasteiger partial charge in [0.25, 0.3) is 0 Å². The van der Waals surface area contributed by atoms with E-state index < -0.39 is 11.9 Å². The van der Waals surface area contributed by atoms with Gasteiger partial charge in [-0.05, 0) is 24.3 Å². The van der Waals surface area contributed by atoms with Crippen molar-refractivity contribution in [3.63, 3.8) is 0 Å². The van der Waals surface area contributed by atoms with E-state index in [0.29, 0.717) is 12.2 Å². The SMILES string of the molecule is COC(=O)CN(CC(=O)OC)C(=O)CCc1nc2ccccc2n1-c1ccccc1. The Morgan fingerprint density at radius 2 is 1.50 bits per heavy atom. The highest BCUT2D eigenvalue weighted by Crippen LogP contribution is 2.22. The highest BCUT2D eigenvalue weighted by molar-refractivity contribution is 5.86. The zero-order chi connectivity index (χ0) is 21.5. The van der Waals surface area contributed by atoms with Gasteiger partial charge < -0.3 is 14.4 Å². The molecule has 156 valence electrons. The van der Waals surface area contributed by atoms with E-state index in [0.717, 1.165) is 21.6 Å². The molecule has 0 radical (unpaired) electrons. The lowest BCUT2D eigenvalue weighted by Gasteiger charge is -2.20. The second-order valence-electron chi connectivity index (χ2n) is 6.59. The third-order valence-corrected chi connectivity index (χ3v) is 4.66. The first-order valence-corrected chi connectivity index (χ1v) is 9.46. The summed E-state index contributed by atoms with van der Waals surface area (Å²) in [6, 6.07) is 17.5.